The Kier molecular flexibility index (Phi) is 7.00. The van der Waals surface area contributed by atoms with Gasteiger partial charge < -0.3 is 0 Å². The topological polar surface area (TPSA) is 91.3 Å². The minimum atomic E-state index is 0.204. The first kappa shape index (κ1) is 28.0. The summed E-state index contributed by atoms with van der Waals surface area (Å²) in [4.78, 5) is 14.8. The molecule has 0 atom stereocenters. The SMILES string of the molecule is N=C(c1ccccc1)n1c(-c2ccc(-c3ccc(-c4nc(-c5ccccc5)c5ccccc5n4)cc3)cc2)nc2ccccc2c1=N. The van der Waals surface area contributed by atoms with Gasteiger partial charge in [-0.2, -0.15) is 0 Å². The van der Waals surface area contributed by atoms with Crippen molar-refractivity contribution in [1.29, 1.82) is 10.8 Å². The molecule has 0 radical (unpaired) electrons. The van der Waals surface area contributed by atoms with Crippen LogP contribution in [-0.4, -0.2) is 25.4 Å². The average molecular weight is 605 g/mol. The predicted octanol–water partition coefficient (Wildman–Crippen LogP) is 9.00. The minimum Gasteiger partial charge on any atom is -0.283 e. The molecule has 0 saturated heterocycles. The number of benzene rings is 6. The monoisotopic (exact) mass is 604 g/mol. The molecule has 0 saturated carbocycles. The molecular formula is C41H28N6. The third-order valence-corrected chi connectivity index (χ3v) is 8.36. The van der Waals surface area contributed by atoms with Crippen LogP contribution >= 0.6 is 0 Å². The Labute approximate surface area is 271 Å². The van der Waals surface area contributed by atoms with Gasteiger partial charge in [-0.3, -0.25) is 15.4 Å². The zero-order chi connectivity index (χ0) is 31.7. The third kappa shape index (κ3) is 5.18. The number of hydrogen-bond donors (Lipinski definition) is 2. The summed E-state index contributed by atoms with van der Waals surface area (Å²) in [6, 6.07) is 51.9. The molecule has 0 amide bonds. The molecule has 6 aromatic carbocycles. The highest BCUT2D eigenvalue weighted by Crippen LogP contribution is 2.31. The largest absolute Gasteiger partial charge is 0.283 e. The molecule has 0 aliphatic carbocycles. The fourth-order valence-electron chi connectivity index (χ4n) is 5.94. The Bertz CT molecular complexity index is 2470. The molecule has 0 fully saturated rings. The number of rotatable bonds is 5. The lowest BCUT2D eigenvalue weighted by Gasteiger charge is -2.16. The molecule has 0 bridgehead atoms. The van der Waals surface area contributed by atoms with Gasteiger partial charge in [-0.25, -0.2) is 15.0 Å². The standard InChI is InChI=1S/C41H28N6/c42-38(30-13-5-2-6-14-30)47-39(43)34-16-8-10-18-36(34)45-41(47)32-25-21-28(22-26-32)27-19-23-31(24-20-27)40-44-35-17-9-7-15-33(35)37(46-40)29-11-3-1-4-12-29/h1-26,42-43H. The Hall–Kier alpha value is -6.53. The Morgan fingerprint density at radius 2 is 0.957 bits per heavy atom. The molecule has 8 rings (SSSR count). The van der Waals surface area contributed by atoms with E-state index in [9.17, 15) is 0 Å². The fourth-order valence-corrected chi connectivity index (χ4v) is 5.94. The van der Waals surface area contributed by atoms with E-state index < -0.39 is 0 Å². The molecule has 222 valence electrons. The van der Waals surface area contributed by atoms with Crippen LogP contribution in [0.25, 0.3) is 67.0 Å². The average Bonchev–Trinajstić information content (AvgIpc) is 3.15. The van der Waals surface area contributed by atoms with E-state index in [0.717, 1.165) is 49.9 Å². The number of hydrogen-bond acceptors (Lipinski definition) is 5. The first-order valence-corrected chi connectivity index (χ1v) is 15.4. The van der Waals surface area contributed by atoms with Crippen LogP contribution in [0.5, 0.6) is 0 Å². The Balaban J connectivity index is 1.15. The van der Waals surface area contributed by atoms with Crippen LogP contribution in [0.2, 0.25) is 0 Å². The maximum Gasteiger partial charge on any atom is 0.160 e. The molecule has 8 aromatic rings. The van der Waals surface area contributed by atoms with Crippen molar-refractivity contribution in [3.63, 3.8) is 0 Å². The molecular weight excluding hydrogens is 576 g/mol. The molecule has 0 aliphatic heterocycles. The van der Waals surface area contributed by atoms with Gasteiger partial charge in [-0.05, 0) is 29.3 Å². The van der Waals surface area contributed by atoms with E-state index in [0.29, 0.717) is 22.6 Å². The summed E-state index contributed by atoms with van der Waals surface area (Å²) >= 11 is 0. The minimum absolute atomic E-state index is 0.204. The normalized spacial score (nSPS) is 11.1. The van der Waals surface area contributed by atoms with Crippen molar-refractivity contribution < 1.29 is 0 Å². The highest BCUT2D eigenvalue weighted by Gasteiger charge is 2.16. The summed E-state index contributed by atoms with van der Waals surface area (Å²) in [6.45, 7) is 0. The number of aromatic nitrogens is 4. The van der Waals surface area contributed by atoms with Gasteiger partial charge >= 0.3 is 0 Å². The van der Waals surface area contributed by atoms with Crippen molar-refractivity contribution in [2.45, 2.75) is 0 Å². The van der Waals surface area contributed by atoms with Crippen molar-refractivity contribution in [3.8, 4) is 45.2 Å². The quantitative estimate of drug-likeness (QED) is 0.152. The van der Waals surface area contributed by atoms with Crippen LogP contribution in [0, 0.1) is 10.8 Å². The molecule has 0 aliphatic rings. The van der Waals surface area contributed by atoms with Gasteiger partial charge in [0.2, 0.25) is 0 Å². The Morgan fingerprint density at radius 1 is 0.447 bits per heavy atom. The second-order valence-electron chi connectivity index (χ2n) is 11.3. The van der Waals surface area contributed by atoms with Crippen molar-refractivity contribution in [3.05, 3.63) is 169 Å². The summed E-state index contributed by atoms with van der Waals surface area (Å²) in [7, 11) is 0. The summed E-state index contributed by atoms with van der Waals surface area (Å²) in [5.74, 6) is 1.44. The summed E-state index contributed by atoms with van der Waals surface area (Å²) in [5.41, 5.74) is 8.41. The molecule has 2 aromatic heterocycles. The van der Waals surface area contributed by atoms with Gasteiger partial charge in [-0.1, -0.05) is 140 Å². The van der Waals surface area contributed by atoms with Gasteiger partial charge in [0.15, 0.2) is 5.82 Å². The fraction of sp³-hybridized carbons (Fsp3) is 0. The molecule has 6 heteroatoms. The lowest BCUT2D eigenvalue weighted by Crippen LogP contribution is -2.30. The van der Waals surface area contributed by atoms with E-state index in [1.54, 1.807) is 4.57 Å². The molecule has 2 N–H and O–H groups in total. The molecule has 47 heavy (non-hydrogen) atoms. The van der Waals surface area contributed by atoms with E-state index >= 15 is 0 Å². The highest BCUT2D eigenvalue weighted by atomic mass is 15.1. The Morgan fingerprint density at radius 3 is 1.62 bits per heavy atom. The molecule has 0 unspecified atom stereocenters. The van der Waals surface area contributed by atoms with E-state index in [2.05, 4.69) is 54.6 Å². The van der Waals surface area contributed by atoms with Gasteiger partial charge in [0.05, 0.1) is 16.7 Å². The van der Waals surface area contributed by atoms with Crippen LogP contribution < -0.4 is 5.49 Å². The van der Waals surface area contributed by atoms with Crippen molar-refractivity contribution in [2.24, 2.45) is 0 Å². The zero-order valence-electron chi connectivity index (χ0n) is 25.3. The van der Waals surface area contributed by atoms with Gasteiger partial charge in [-0.15, -0.1) is 0 Å². The van der Waals surface area contributed by atoms with Crippen molar-refractivity contribution in [2.75, 3.05) is 0 Å². The maximum atomic E-state index is 9.06. The zero-order valence-corrected chi connectivity index (χ0v) is 25.3. The molecule has 2 heterocycles. The highest BCUT2D eigenvalue weighted by molar-refractivity contribution is 6.01. The summed E-state index contributed by atoms with van der Waals surface area (Å²) in [5, 5.41) is 19.8. The number of nitrogens with one attached hydrogen (secondary N) is 2. The van der Waals surface area contributed by atoms with Crippen LogP contribution in [0.4, 0.5) is 0 Å². The van der Waals surface area contributed by atoms with Crippen LogP contribution in [0.15, 0.2) is 158 Å². The third-order valence-electron chi connectivity index (χ3n) is 8.36. The van der Waals surface area contributed by atoms with Crippen LogP contribution in [-0.2, 0) is 0 Å². The second kappa shape index (κ2) is 11.8. The smallest absolute Gasteiger partial charge is 0.160 e. The lowest BCUT2D eigenvalue weighted by molar-refractivity contribution is 0.960. The van der Waals surface area contributed by atoms with Crippen LogP contribution in [0.1, 0.15) is 5.56 Å². The van der Waals surface area contributed by atoms with E-state index in [1.165, 1.54) is 0 Å². The van der Waals surface area contributed by atoms with Gasteiger partial charge in [0.25, 0.3) is 0 Å². The van der Waals surface area contributed by atoms with Crippen LogP contribution in [0.3, 0.4) is 0 Å². The van der Waals surface area contributed by atoms with Crippen molar-refractivity contribution in [1.82, 2.24) is 19.5 Å². The van der Waals surface area contributed by atoms with Gasteiger partial charge in [0.1, 0.15) is 17.1 Å². The first-order chi connectivity index (χ1) is 23.1. The number of nitrogens with zero attached hydrogens (tertiary/aromatic N) is 4. The molecule has 6 nitrogen and oxygen atoms in total. The predicted molar refractivity (Wildman–Crippen MR) is 189 cm³/mol. The van der Waals surface area contributed by atoms with E-state index in [-0.39, 0.29) is 11.3 Å². The summed E-state index contributed by atoms with van der Waals surface area (Å²) in [6.07, 6.45) is 0. The maximum absolute atomic E-state index is 9.06. The number of fused-ring (bicyclic) bond motifs is 2. The summed E-state index contributed by atoms with van der Waals surface area (Å²) < 4.78 is 1.62. The first-order valence-electron chi connectivity index (χ1n) is 15.4. The van der Waals surface area contributed by atoms with Gasteiger partial charge in [0, 0.05) is 33.0 Å². The van der Waals surface area contributed by atoms with Crippen molar-refractivity contribution >= 4 is 27.6 Å². The number of para-hydroxylation sites is 2. The van der Waals surface area contributed by atoms with E-state index in [4.69, 9.17) is 25.8 Å². The second-order valence-corrected chi connectivity index (χ2v) is 11.3. The molecule has 0 spiro atoms. The lowest BCUT2D eigenvalue weighted by atomic mass is 10.0. The van der Waals surface area contributed by atoms with E-state index in [1.807, 2.05) is 103 Å².